The normalized spacial score (nSPS) is 17.4. The van der Waals surface area contributed by atoms with E-state index in [0.717, 1.165) is 32.0 Å². The summed E-state index contributed by atoms with van der Waals surface area (Å²) < 4.78 is 0. The lowest BCUT2D eigenvalue weighted by atomic mass is 10.3. The molecule has 0 saturated carbocycles. The van der Waals surface area contributed by atoms with Gasteiger partial charge in [-0.3, -0.25) is 9.89 Å². The van der Waals surface area contributed by atoms with Crippen LogP contribution < -0.4 is 0 Å². The van der Waals surface area contributed by atoms with Crippen molar-refractivity contribution < 1.29 is 4.79 Å². The van der Waals surface area contributed by atoms with Crippen LogP contribution in [-0.4, -0.2) is 69.9 Å². The van der Waals surface area contributed by atoms with Crippen molar-refractivity contribution in [1.29, 1.82) is 0 Å². The highest BCUT2D eigenvalue weighted by molar-refractivity contribution is 7.99. The zero-order valence-corrected chi connectivity index (χ0v) is 11.0. The van der Waals surface area contributed by atoms with Crippen molar-refractivity contribution in [1.82, 2.24) is 25.0 Å². The van der Waals surface area contributed by atoms with Gasteiger partial charge in [0, 0.05) is 26.2 Å². The number of piperazine rings is 1. The van der Waals surface area contributed by atoms with Gasteiger partial charge in [-0.25, -0.2) is 4.98 Å². The van der Waals surface area contributed by atoms with E-state index in [-0.39, 0.29) is 5.91 Å². The van der Waals surface area contributed by atoms with Gasteiger partial charge in [-0.15, -0.1) is 5.10 Å². The Morgan fingerprint density at radius 1 is 1.41 bits per heavy atom. The second kappa shape index (κ2) is 5.50. The predicted molar refractivity (Wildman–Crippen MR) is 65.9 cm³/mol. The minimum absolute atomic E-state index is 0.172. The molecule has 0 aliphatic carbocycles. The summed E-state index contributed by atoms with van der Waals surface area (Å²) in [6.07, 6.45) is 0. The molecule has 0 atom stereocenters. The number of carbonyl (C=O) groups excluding carboxylic acids is 1. The Bertz CT molecular complexity index is 386. The molecule has 1 aliphatic heterocycles. The van der Waals surface area contributed by atoms with E-state index in [1.807, 2.05) is 11.8 Å². The predicted octanol–water partition coefficient (Wildman–Crippen LogP) is -0.0208. The third kappa shape index (κ3) is 3.44. The van der Waals surface area contributed by atoms with Crippen molar-refractivity contribution in [2.75, 3.05) is 39.0 Å². The maximum Gasteiger partial charge on any atom is 0.233 e. The van der Waals surface area contributed by atoms with Gasteiger partial charge >= 0.3 is 0 Å². The molecule has 94 valence electrons. The first-order valence-electron chi connectivity index (χ1n) is 5.63. The fourth-order valence-electron chi connectivity index (χ4n) is 1.66. The van der Waals surface area contributed by atoms with Crippen molar-refractivity contribution in [2.45, 2.75) is 12.1 Å². The van der Waals surface area contributed by atoms with Gasteiger partial charge < -0.3 is 9.80 Å². The number of amides is 1. The number of nitrogens with zero attached hydrogens (tertiary/aromatic N) is 4. The van der Waals surface area contributed by atoms with E-state index in [2.05, 4.69) is 27.1 Å². The van der Waals surface area contributed by atoms with Gasteiger partial charge in [-0.1, -0.05) is 11.8 Å². The summed E-state index contributed by atoms with van der Waals surface area (Å²) in [6.45, 7) is 5.40. The summed E-state index contributed by atoms with van der Waals surface area (Å²) >= 11 is 1.39. The molecule has 6 nitrogen and oxygen atoms in total. The van der Waals surface area contributed by atoms with Gasteiger partial charge in [0.15, 0.2) is 0 Å². The molecule has 0 aromatic carbocycles. The van der Waals surface area contributed by atoms with Crippen LogP contribution in [0.2, 0.25) is 0 Å². The summed E-state index contributed by atoms with van der Waals surface area (Å²) in [5, 5.41) is 7.40. The Kier molecular flexibility index (Phi) is 4.01. The number of aryl methyl sites for hydroxylation is 1. The van der Waals surface area contributed by atoms with Crippen LogP contribution in [0.1, 0.15) is 5.82 Å². The molecule has 0 radical (unpaired) electrons. The minimum Gasteiger partial charge on any atom is -0.339 e. The van der Waals surface area contributed by atoms with Gasteiger partial charge in [0.1, 0.15) is 5.82 Å². The fraction of sp³-hybridized carbons (Fsp3) is 0.700. The van der Waals surface area contributed by atoms with Crippen molar-refractivity contribution in [3.63, 3.8) is 0 Å². The van der Waals surface area contributed by atoms with Crippen LogP contribution in [0.4, 0.5) is 0 Å². The quantitative estimate of drug-likeness (QED) is 0.769. The third-order valence-electron chi connectivity index (χ3n) is 2.76. The maximum atomic E-state index is 11.9. The molecule has 1 fully saturated rings. The Morgan fingerprint density at radius 3 is 2.71 bits per heavy atom. The molecule has 0 unspecified atom stereocenters. The number of aromatic amines is 1. The molecular weight excluding hydrogens is 238 g/mol. The number of hydrogen-bond donors (Lipinski definition) is 1. The molecule has 1 amide bonds. The molecule has 1 N–H and O–H groups in total. The number of nitrogens with one attached hydrogen (secondary N) is 1. The Labute approximate surface area is 105 Å². The van der Waals surface area contributed by atoms with E-state index in [4.69, 9.17) is 0 Å². The number of rotatable bonds is 3. The molecule has 1 aromatic heterocycles. The van der Waals surface area contributed by atoms with E-state index in [9.17, 15) is 4.79 Å². The van der Waals surface area contributed by atoms with E-state index in [0.29, 0.717) is 10.9 Å². The first kappa shape index (κ1) is 12.4. The number of H-pyrrole nitrogens is 1. The number of likely N-dealkylation sites (N-methyl/N-ethyl adjacent to an activating group) is 1. The monoisotopic (exact) mass is 255 g/mol. The molecule has 1 aromatic rings. The highest BCUT2D eigenvalue weighted by Crippen LogP contribution is 2.13. The summed E-state index contributed by atoms with van der Waals surface area (Å²) in [4.78, 5) is 20.2. The largest absolute Gasteiger partial charge is 0.339 e. The van der Waals surface area contributed by atoms with Crippen LogP contribution in [0.25, 0.3) is 0 Å². The minimum atomic E-state index is 0.172. The molecule has 1 saturated heterocycles. The van der Waals surface area contributed by atoms with Crippen molar-refractivity contribution >= 4 is 17.7 Å². The number of carbonyl (C=O) groups is 1. The van der Waals surface area contributed by atoms with Crippen molar-refractivity contribution in [2.24, 2.45) is 0 Å². The lowest BCUT2D eigenvalue weighted by molar-refractivity contribution is -0.129. The van der Waals surface area contributed by atoms with Gasteiger partial charge in [0.25, 0.3) is 0 Å². The van der Waals surface area contributed by atoms with Crippen LogP contribution in [0, 0.1) is 6.92 Å². The lowest BCUT2D eigenvalue weighted by Crippen LogP contribution is -2.47. The smallest absolute Gasteiger partial charge is 0.233 e. The van der Waals surface area contributed by atoms with E-state index in [1.54, 1.807) is 0 Å². The molecule has 17 heavy (non-hydrogen) atoms. The summed E-state index contributed by atoms with van der Waals surface area (Å²) in [5.74, 6) is 1.37. The maximum absolute atomic E-state index is 11.9. The van der Waals surface area contributed by atoms with Crippen molar-refractivity contribution in [3.8, 4) is 0 Å². The molecule has 0 bridgehead atoms. The fourth-order valence-corrected chi connectivity index (χ4v) is 2.41. The van der Waals surface area contributed by atoms with Crippen LogP contribution in [0.5, 0.6) is 0 Å². The van der Waals surface area contributed by atoms with E-state index in [1.165, 1.54) is 11.8 Å². The van der Waals surface area contributed by atoms with E-state index < -0.39 is 0 Å². The van der Waals surface area contributed by atoms with Gasteiger partial charge in [-0.05, 0) is 14.0 Å². The molecule has 2 heterocycles. The van der Waals surface area contributed by atoms with Crippen LogP contribution >= 0.6 is 11.8 Å². The zero-order chi connectivity index (χ0) is 12.3. The van der Waals surface area contributed by atoms with Gasteiger partial charge in [0.2, 0.25) is 11.1 Å². The molecule has 1 aliphatic rings. The average molecular weight is 255 g/mol. The first-order valence-corrected chi connectivity index (χ1v) is 6.62. The van der Waals surface area contributed by atoms with Crippen LogP contribution in [-0.2, 0) is 4.79 Å². The third-order valence-corrected chi connectivity index (χ3v) is 3.59. The highest BCUT2D eigenvalue weighted by atomic mass is 32.2. The summed E-state index contributed by atoms with van der Waals surface area (Å²) in [7, 11) is 2.08. The molecular formula is C10H17N5OS. The highest BCUT2D eigenvalue weighted by Gasteiger charge is 2.19. The van der Waals surface area contributed by atoms with Gasteiger partial charge in [0.05, 0.1) is 5.75 Å². The zero-order valence-electron chi connectivity index (χ0n) is 10.1. The first-order chi connectivity index (χ1) is 8.15. The lowest BCUT2D eigenvalue weighted by Gasteiger charge is -2.32. The topological polar surface area (TPSA) is 65.1 Å². The SMILES string of the molecule is Cc1nc(SCC(=O)N2CCN(C)CC2)n[nH]1. The van der Waals surface area contributed by atoms with Gasteiger partial charge in [-0.2, -0.15) is 0 Å². The van der Waals surface area contributed by atoms with Crippen molar-refractivity contribution in [3.05, 3.63) is 5.82 Å². The van der Waals surface area contributed by atoms with Crippen LogP contribution in [0.15, 0.2) is 5.16 Å². The summed E-state index contributed by atoms with van der Waals surface area (Å²) in [6, 6.07) is 0. The second-order valence-electron chi connectivity index (χ2n) is 4.18. The molecule has 0 spiro atoms. The molecule has 2 rings (SSSR count). The number of thioether (sulfide) groups is 1. The standard InChI is InChI=1S/C10H17N5OS/c1-8-11-10(13-12-8)17-7-9(16)15-5-3-14(2)4-6-15/h3-7H2,1-2H3,(H,11,12,13). The Morgan fingerprint density at radius 2 is 2.12 bits per heavy atom. The van der Waals surface area contributed by atoms with E-state index >= 15 is 0 Å². The second-order valence-corrected chi connectivity index (χ2v) is 5.12. The Hall–Kier alpha value is -1.08. The number of aromatic nitrogens is 3. The van der Waals surface area contributed by atoms with Crippen LogP contribution in [0.3, 0.4) is 0 Å². The summed E-state index contributed by atoms with van der Waals surface area (Å²) in [5.41, 5.74) is 0. The number of hydrogen-bond acceptors (Lipinski definition) is 5. The average Bonchev–Trinajstić information content (AvgIpc) is 2.73. The molecule has 7 heteroatoms. The Balaban J connectivity index is 1.77.